The van der Waals surface area contributed by atoms with Crippen LogP contribution in [0.1, 0.15) is 65.0 Å². The van der Waals surface area contributed by atoms with E-state index in [4.69, 9.17) is 0 Å². The molecule has 2 aromatic rings. The lowest BCUT2D eigenvalue weighted by molar-refractivity contribution is -0.122. The minimum Gasteiger partial charge on any atom is -0.343 e. The van der Waals surface area contributed by atoms with Gasteiger partial charge in [-0.1, -0.05) is 36.4 Å². The zero-order valence-electron chi connectivity index (χ0n) is 20.9. The fraction of sp³-hybridized carbons (Fsp3) is 0.517. The highest BCUT2D eigenvalue weighted by atomic mass is 35.5. The fourth-order valence-electron chi connectivity index (χ4n) is 6.51. The first kappa shape index (κ1) is 27.1. The van der Waals surface area contributed by atoms with E-state index in [9.17, 15) is 9.59 Å². The number of fused-ring (bicyclic) bond motifs is 3. The number of carbonyl (C=O) groups excluding carboxylic acids is 2. The Morgan fingerprint density at radius 3 is 2.39 bits per heavy atom. The average Bonchev–Trinajstić information content (AvgIpc) is 3.22. The molecule has 1 unspecified atom stereocenters. The first-order valence-electron chi connectivity index (χ1n) is 13.2. The molecule has 0 spiro atoms. The van der Waals surface area contributed by atoms with Crippen molar-refractivity contribution in [1.29, 1.82) is 0 Å². The molecule has 1 saturated heterocycles. The second-order valence-corrected chi connectivity index (χ2v) is 10.5. The summed E-state index contributed by atoms with van der Waals surface area (Å²) in [5, 5.41) is 0. The molecule has 0 N–H and O–H groups in total. The molecule has 194 valence electrons. The monoisotopic (exact) mass is 529 g/mol. The fourth-order valence-corrected chi connectivity index (χ4v) is 6.51. The lowest BCUT2D eigenvalue weighted by atomic mass is 9.83. The molecule has 1 atom stereocenters. The van der Waals surface area contributed by atoms with Crippen molar-refractivity contribution in [1.82, 2.24) is 14.4 Å². The molecule has 1 fully saturated rings. The summed E-state index contributed by atoms with van der Waals surface area (Å²) >= 11 is 0. The maximum Gasteiger partial charge on any atom is 0.165 e. The van der Waals surface area contributed by atoms with Gasteiger partial charge in [0.1, 0.15) is 5.78 Å². The molecular formula is C29H37Cl2N3O2. The maximum atomic E-state index is 13.3. The number of Topliss-reactive ketones (excluding diaryl/α,β-unsaturated/α-hetero) is 2. The van der Waals surface area contributed by atoms with E-state index in [0.29, 0.717) is 24.4 Å². The average molecular weight is 531 g/mol. The molecule has 0 saturated carbocycles. The van der Waals surface area contributed by atoms with Crippen LogP contribution in [-0.2, 0) is 30.7 Å². The third-order valence-electron chi connectivity index (χ3n) is 8.36. The van der Waals surface area contributed by atoms with Crippen LogP contribution in [0.4, 0.5) is 0 Å². The van der Waals surface area contributed by atoms with Gasteiger partial charge in [0.05, 0.1) is 11.6 Å². The highest BCUT2D eigenvalue weighted by Gasteiger charge is 2.37. The van der Waals surface area contributed by atoms with Crippen molar-refractivity contribution in [2.75, 3.05) is 32.7 Å². The number of allylic oxidation sites excluding steroid dienone is 2. The number of hydrogen-bond donors (Lipinski definition) is 0. The Kier molecular flexibility index (Phi) is 8.77. The van der Waals surface area contributed by atoms with Crippen molar-refractivity contribution >= 4 is 42.0 Å². The molecule has 0 amide bonds. The van der Waals surface area contributed by atoms with Crippen molar-refractivity contribution < 1.29 is 9.59 Å². The van der Waals surface area contributed by atoms with Gasteiger partial charge in [-0.25, -0.2) is 0 Å². The highest BCUT2D eigenvalue weighted by molar-refractivity contribution is 6.06. The molecule has 6 rings (SSSR count). The number of piperazine rings is 1. The Morgan fingerprint density at radius 1 is 0.889 bits per heavy atom. The van der Waals surface area contributed by atoms with E-state index < -0.39 is 0 Å². The van der Waals surface area contributed by atoms with E-state index in [0.717, 1.165) is 70.6 Å². The van der Waals surface area contributed by atoms with Crippen LogP contribution in [0.2, 0.25) is 0 Å². The Morgan fingerprint density at radius 2 is 1.61 bits per heavy atom. The van der Waals surface area contributed by atoms with Gasteiger partial charge in [-0.3, -0.25) is 14.5 Å². The summed E-state index contributed by atoms with van der Waals surface area (Å²) < 4.78 is 2.38. The Hall–Kier alpha value is -1.92. The molecule has 0 bridgehead atoms. The SMILES string of the molecule is Cl.Cl.O=C1CCC2=CC(C(=O)CCN3CCN(Cc4ccccc4)CC3)Cn3c4c(c1c32)CCCC4. The molecule has 36 heavy (non-hydrogen) atoms. The minimum absolute atomic E-state index is 0. The second kappa shape index (κ2) is 11.6. The number of rotatable bonds is 6. The Bertz CT molecular complexity index is 1130. The predicted molar refractivity (Wildman–Crippen MR) is 148 cm³/mol. The largest absolute Gasteiger partial charge is 0.343 e. The molecule has 1 aromatic carbocycles. The lowest BCUT2D eigenvalue weighted by Gasteiger charge is -2.35. The summed E-state index contributed by atoms with van der Waals surface area (Å²) in [5.41, 5.74) is 7.45. The summed E-state index contributed by atoms with van der Waals surface area (Å²) in [7, 11) is 0. The molecule has 4 aliphatic rings. The van der Waals surface area contributed by atoms with Crippen molar-refractivity contribution in [2.45, 2.75) is 58.0 Å². The summed E-state index contributed by atoms with van der Waals surface area (Å²) in [6.45, 7) is 6.80. The number of hydrogen-bond acceptors (Lipinski definition) is 4. The van der Waals surface area contributed by atoms with Gasteiger partial charge in [0, 0.05) is 69.9 Å². The van der Waals surface area contributed by atoms with E-state index in [2.05, 4.69) is 50.8 Å². The number of aromatic nitrogens is 1. The van der Waals surface area contributed by atoms with Gasteiger partial charge in [-0.15, -0.1) is 24.8 Å². The second-order valence-electron chi connectivity index (χ2n) is 10.5. The van der Waals surface area contributed by atoms with Crippen LogP contribution in [0, 0.1) is 5.92 Å². The van der Waals surface area contributed by atoms with Gasteiger partial charge in [0.2, 0.25) is 0 Å². The quantitative estimate of drug-likeness (QED) is 0.529. The van der Waals surface area contributed by atoms with Gasteiger partial charge in [0.15, 0.2) is 5.78 Å². The van der Waals surface area contributed by atoms with E-state index >= 15 is 0 Å². The van der Waals surface area contributed by atoms with Crippen molar-refractivity contribution in [2.24, 2.45) is 5.92 Å². The van der Waals surface area contributed by atoms with Gasteiger partial charge in [-0.05, 0) is 48.8 Å². The van der Waals surface area contributed by atoms with Crippen LogP contribution in [0.3, 0.4) is 0 Å². The number of ketones is 2. The van der Waals surface area contributed by atoms with Crippen molar-refractivity contribution in [3.05, 3.63) is 64.5 Å². The number of halogens is 2. The molecule has 0 radical (unpaired) electrons. The summed E-state index contributed by atoms with van der Waals surface area (Å²) in [6.07, 6.45) is 8.68. The number of nitrogens with zero attached hydrogens (tertiary/aromatic N) is 3. The minimum atomic E-state index is -0.0404. The molecule has 5 nitrogen and oxygen atoms in total. The predicted octanol–water partition coefficient (Wildman–Crippen LogP) is 4.98. The highest BCUT2D eigenvalue weighted by Crippen LogP contribution is 2.42. The van der Waals surface area contributed by atoms with Gasteiger partial charge < -0.3 is 9.47 Å². The zero-order valence-corrected chi connectivity index (χ0v) is 22.5. The molecule has 2 aliphatic carbocycles. The van der Waals surface area contributed by atoms with E-state index in [1.165, 1.54) is 40.9 Å². The third-order valence-corrected chi connectivity index (χ3v) is 8.36. The molecule has 3 heterocycles. The topological polar surface area (TPSA) is 45.6 Å². The zero-order chi connectivity index (χ0) is 23.1. The van der Waals surface area contributed by atoms with E-state index in [1.807, 2.05) is 0 Å². The summed E-state index contributed by atoms with van der Waals surface area (Å²) in [5.74, 6) is 0.642. The van der Waals surface area contributed by atoms with Crippen molar-refractivity contribution in [3.63, 3.8) is 0 Å². The first-order chi connectivity index (χ1) is 16.7. The lowest BCUT2D eigenvalue weighted by Crippen LogP contribution is -2.46. The van der Waals surface area contributed by atoms with Crippen molar-refractivity contribution in [3.8, 4) is 0 Å². The van der Waals surface area contributed by atoms with Crippen LogP contribution < -0.4 is 0 Å². The van der Waals surface area contributed by atoms with Crippen LogP contribution >= 0.6 is 24.8 Å². The van der Waals surface area contributed by atoms with Gasteiger partial charge >= 0.3 is 0 Å². The molecule has 1 aromatic heterocycles. The van der Waals surface area contributed by atoms with Crippen LogP contribution in [0.5, 0.6) is 0 Å². The summed E-state index contributed by atoms with van der Waals surface area (Å²) in [4.78, 5) is 31.0. The molecule has 7 heteroatoms. The molecule has 2 aliphatic heterocycles. The summed E-state index contributed by atoms with van der Waals surface area (Å²) in [6, 6.07) is 10.7. The van der Waals surface area contributed by atoms with Crippen LogP contribution in [0.25, 0.3) is 5.57 Å². The number of carbonyl (C=O) groups is 2. The maximum absolute atomic E-state index is 13.3. The Labute approximate surface area is 226 Å². The molecular weight excluding hydrogens is 493 g/mol. The normalized spacial score (nSPS) is 21.5. The van der Waals surface area contributed by atoms with E-state index in [-0.39, 0.29) is 30.7 Å². The first-order valence-corrected chi connectivity index (χ1v) is 13.2. The standard InChI is InChI=1S/C29H35N3O2.2ClH/c33-26(12-13-30-14-16-31(17-15-30)19-21-6-2-1-3-7-21)23-18-22-10-11-27(34)28-24-8-4-5-9-25(24)32(20-23)29(22)28;;/h1-3,6-7,18,23H,4-5,8-17,19-20H2;2*1H. The van der Waals surface area contributed by atoms with E-state index in [1.54, 1.807) is 0 Å². The van der Waals surface area contributed by atoms with Crippen LogP contribution in [-0.4, -0.2) is 58.7 Å². The smallest absolute Gasteiger partial charge is 0.165 e. The number of benzene rings is 1. The van der Waals surface area contributed by atoms with Crippen LogP contribution in [0.15, 0.2) is 36.4 Å². The van der Waals surface area contributed by atoms with Gasteiger partial charge in [0.25, 0.3) is 0 Å². The Balaban J connectivity index is 0.00000152. The van der Waals surface area contributed by atoms with Gasteiger partial charge in [-0.2, -0.15) is 0 Å². The third kappa shape index (κ3) is 5.22.